The fourth-order valence-corrected chi connectivity index (χ4v) is 3.55. The van der Waals surface area contributed by atoms with Gasteiger partial charge in [0.2, 0.25) is 0 Å². The lowest BCUT2D eigenvalue weighted by Crippen LogP contribution is -2.22. The van der Waals surface area contributed by atoms with E-state index in [0.29, 0.717) is 19.3 Å². The predicted octanol–water partition coefficient (Wildman–Crippen LogP) is 5.03. The SMILES string of the molecule is CCOc1nc(-c2ccc(-c3ccc(C)nc3)cc2)n(COCC[Si](C)(C)C)n1. The maximum absolute atomic E-state index is 5.88. The van der Waals surface area contributed by atoms with E-state index in [2.05, 4.69) is 52.9 Å². The molecule has 0 spiro atoms. The van der Waals surface area contributed by atoms with Gasteiger partial charge in [0, 0.05) is 37.7 Å². The molecule has 0 saturated heterocycles. The zero-order valence-corrected chi connectivity index (χ0v) is 19.0. The number of aromatic nitrogens is 4. The molecule has 0 fully saturated rings. The summed E-state index contributed by atoms with van der Waals surface area (Å²) in [6.07, 6.45) is 1.90. The Labute approximate surface area is 173 Å². The summed E-state index contributed by atoms with van der Waals surface area (Å²) in [7, 11) is -1.12. The first-order valence-corrected chi connectivity index (χ1v) is 13.8. The van der Waals surface area contributed by atoms with Gasteiger partial charge in [-0.15, -0.1) is 5.10 Å². The van der Waals surface area contributed by atoms with Crippen LogP contribution in [-0.2, 0) is 11.5 Å². The van der Waals surface area contributed by atoms with Crippen molar-refractivity contribution in [3.05, 3.63) is 48.3 Å². The van der Waals surface area contributed by atoms with E-state index in [1.807, 2.05) is 38.2 Å². The Bertz CT molecular complexity index is 915. The molecule has 2 heterocycles. The number of ether oxygens (including phenoxy) is 2. The smallest absolute Gasteiger partial charge is 0.336 e. The van der Waals surface area contributed by atoms with E-state index in [9.17, 15) is 0 Å². The highest BCUT2D eigenvalue weighted by Crippen LogP contribution is 2.25. The van der Waals surface area contributed by atoms with Crippen molar-refractivity contribution >= 4 is 8.07 Å². The Morgan fingerprint density at radius 3 is 2.28 bits per heavy atom. The van der Waals surface area contributed by atoms with E-state index in [4.69, 9.17) is 9.47 Å². The average Bonchev–Trinajstić information content (AvgIpc) is 3.08. The Morgan fingerprint density at radius 1 is 0.966 bits per heavy atom. The molecule has 154 valence electrons. The third-order valence-electron chi connectivity index (χ3n) is 4.52. The molecule has 0 N–H and O–H groups in total. The van der Waals surface area contributed by atoms with Gasteiger partial charge in [-0.2, -0.15) is 4.98 Å². The Morgan fingerprint density at radius 2 is 1.66 bits per heavy atom. The van der Waals surface area contributed by atoms with Gasteiger partial charge in [-0.25, -0.2) is 4.68 Å². The topological polar surface area (TPSA) is 62.1 Å². The van der Waals surface area contributed by atoms with Crippen LogP contribution in [0.4, 0.5) is 0 Å². The molecular weight excluding hydrogens is 380 g/mol. The minimum atomic E-state index is -1.12. The molecule has 0 unspecified atom stereocenters. The van der Waals surface area contributed by atoms with Crippen molar-refractivity contribution in [2.45, 2.75) is 46.3 Å². The van der Waals surface area contributed by atoms with Gasteiger partial charge in [0.05, 0.1) is 6.61 Å². The zero-order valence-electron chi connectivity index (χ0n) is 18.0. The third-order valence-corrected chi connectivity index (χ3v) is 6.23. The summed E-state index contributed by atoms with van der Waals surface area (Å²) >= 11 is 0. The highest BCUT2D eigenvalue weighted by atomic mass is 28.3. The van der Waals surface area contributed by atoms with Crippen LogP contribution in [-0.4, -0.2) is 41.0 Å². The van der Waals surface area contributed by atoms with Gasteiger partial charge in [-0.05, 0) is 31.5 Å². The molecule has 0 aliphatic heterocycles. The molecule has 3 aromatic rings. The summed E-state index contributed by atoms with van der Waals surface area (Å²) in [6, 6.07) is 13.9. The van der Waals surface area contributed by atoms with E-state index in [1.54, 1.807) is 4.68 Å². The van der Waals surface area contributed by atoms with Gasteiger partial charge >= 0.3 is 6.01 Å². The second-order valence-corrected chi connectivity index (χ2v) is 13.9. The predicted molar refractivity (Wildman–Crippen MR) is 119 cm³/mol. The summed E-state index contributed by atoms with van der Waals surface area (Å²) < 4.78 is 13.2. The van der Waals surface area contributed by atoms with Crippen LogP contribution in [0.5, 0.6) is 6.01 Å². The monoisotopic (exact) mass is 410 g/mol. The van der Waals surface area contributed by atoms with Crippen molar-refractivity contribution in [1.29, 1.82) is 0 Å². The van der Waals surface area contributed by atoms with Crippen LogP contribution in [0.25, 0.3) is 22.5 Å². The number of pyridine rings is 1. The molecule has 2 aromatic heterocycles. The van der Waals surface area contributed by atoms with Crippen molar-refractivity contribution in [3.63, 3.8) is 0 Å². The molecule has 6 nitrogen and oxygen atoms in total. The first kappa shape index (κ1) is 21.2. The quantitative estimate of drug-likeness (QED) is 0.366. The van der Waals surface area contributed by atoms with Crippen LogP contribution in [0, 0.1) is 6.92 Å². The Hall–Kier alpha value is -2.51. The highest BCUT2D eigenvalue weighted by molar-refractivity contribution is 6.76. The standard InChI is InChI=1S/C22H30N4O2Si/c1-6-28-22-24-21(26(25-22)16-27-13-14-29(3,4)5)19-11-9-18(10-12-19)20-8-7-17(2)23-15-20/h7-12,15H,6,13-14,16H2,1-5H3. The van der Waals surface area contributed by atoms with Crippen molar-refractivity contribution in [2.24, 2.45) is 0 Å². The third kappa shape index (κ3) is 5.98. The zero-order chi connectivity index (χ0) is 20.9. The number of aryl methyl sites for hydroxylation is 1. The normalized spacial score (nSPS) is 11.6. The van der Waals surface area contributed by atoms with Crippen LogP contribution < -0.4 is 4.74 Å². The van der Waals surface area contributed by atoms with Crippen molar-refractivity contribution in [2.75, 3.05) is 13.2 Å². The fraction of sp³-hybridized carbons (Fsp3) is 0.409. The van der Waals surface area contributed by atoms with E-state index in [-0.39, 0.29) is 0 Å². The minimum absolute atomic E-state index is 0.365. The van der Waals surface area contributed by atoms with Crippen LogP contribution in [0.3, 0.4) is 0 Å². The van der Waals surface area contributed by atoms with Gasteiger partial charge in [-0.3, -0.25) is 4.98 Å². The maximum Gasteiger partial charge on any atom is 0.336 e. The molecule has 0 amide bonds. The first-order chi connectivity index (χ1) is 13.9. The van der Waals surface area contributed by atoms with Crippen LogP contribution >= 0.6 is 0 Å². The van der Waals surface area contributed by atoms with Crippen molar-refractivity contribution in [3.8, 4) is 28.5 Å². The number of rotatable bonds is 9. The first-order valence-electron chi connectivity index (χ1n) is 10.0. The van der Waals surface area contributed by atoms with Crippen LogP contribution in [0.1, 0.15) is 12.6 Å². The number of benzene rings is 1. The number of hydrogen-bond acceptors (Lipinski definition) is 5. The van der Waals surface area contributed by atoms with Crippen molar-refractivity contribution < 1.29 is 9.47 Å². The molecule has 0 saturated carbocycles. The Balaban J connectivity index is 1.78. The van der Waals surface area contributed by atoms with Gasteiger partial charge in [0.25, 0.3) is 0 Å². The molecular formula is C22H30N4O2Si. The summed E-state index contributed by atoms with van der Waals surface area (Å²) in [4.78, 5) is 8.93. The fourth-order valence-electron chi connectivity index (χ4n) is 2.79. The van der Waals surface area contributed by atoms with Gasteiger partial charge in [-0.1, -0.05) is 50.0 Å². The molecule has 3 rings (SSSR count). The van der Waals surface area contributed by atoms with E-state index < -0.39 is 8.07 Å². The highest BCUT2D eigenvalue weighted by Gasteiger charge is 2.15. The molecule has 0 bridgehead atoms. The lowest BCUT2D eigenvalue weighted by Gasteiger charge is -2.15. The summed E-state index contributed by atoms with van der Waals surface area (Å²) in [5.74, 6) is 0.745. The van der Waals surface area contributed by atoms with E-state index in [0.717, 1.165) is 40.9 Å². The van der Waals surface area contributed by atoms with E-state index >= 15 is 0 Å². The molecule has 0 atom stereocenters. The van der Waals surface area contributed by atoms with Crippen LogP contribution in [0.2, 0.25) is 25.7 Å². The molecule has 0 radical (unpaired) electrons. The summed E-state index contributed by atoms with van der Waals surface area (Å²) in [6.45, 7) is 12.6. The second kappa shape index (κ2) is 9.32. The minimum Gasteiger partial charge on any atom is -0.463 e. The van der Waals surface area contributed by atoms with Gasteiger partial charge in [0.15, 0.2) is 5.82 Å². The second-order valence-electron chi connectivity index (χ2n) is 8.26. The average molecular weight is 411 g/mol. The lowest BCUT2D eigenvalue weighted by molar-refractivity contribution is 0.0786. The van der Waals surface area contributed by atoms with Gasteiger partial charge in [0.1, 0.15) is 6.73 Å². The number of hydrogen-bond donors (Lipinski definition) is 0. The molecule has 1 aromatic carbocycles. The van der Waals surface area contributed by atoms with Gasteiger partial charge < -0.3 is 9.47 Å². The van der Waals surface area contributed by atoms with E-state index in [1.165, 1.54) is 0 Å². The van der Waals surface area contributed by atoms with Crippen LogP contribution in [0.15, 0.2) is 42.6 Å². The maximum atomic E-state index is 5.88. The molecule has 0 aliphatic rings. The summed E-state index contributed by atoms with van der Waals surface area (Å²) in [5, 5.41) is 4.46. The molecule has 29 heavy (non-hydrogen) atoms. The largest absolute Gasteiger partial charge is 0.463 e. The molecule has 0 aliphatic carbocycles. The molecule has 7 heteroatoms. The lowest BCUT2D eigenvalue weighted by atomic mass is 10.1. The number of nitrogens with zero attached hydrogens (tertiary/aromatic N) is 4. The van der Waals surface area contributed by atoms with Crippen molar-refractivity contribution in [1.82, 2.24) is 19.7 Å². The summed E-state index contributed by atoms with van der Waals surface area (Å²) in [5.41, 5.74) is 4.19. The Kier molecular flexibility index (Phi) is 6.82.